The van der Waals surface area contributed by atoms with Crippen molar-refractivity contribution in [2.75, 3.05) is 31.0 Å². The van der Waals surface area contributed by atoms with E-state index in [0.717, 1.165) is 5.56 Å². The van der Waals surface area contributed by atoms with Crippen LogP contribution in [0.15, 0.2) is 36.4 Å². The van der Waals surface area contributed by atoms with Gasteiger partial charge in [0.25, 0.3) is 0 Å². The van der Waals surface area contributed by atoms with Gasteiger partial charge in [-0.1, -0.05) is 12.1 Å². The zero-order valence-corrected chi connectivity index (χ0v) is 15.4. The van der Waals surface area contributed by atoms with Gasteiger partial charge < -0.3 is 19.7 Å². The molecule has 7 heteroatoms. The Morgan fingerprint density at radius 2 is 1.85 bits per heavy atom. The summed E-state index contributed by atoms with van der Waals surface area (Å²) >= 11 is 0. The normalized spacial score (nSPS) is 16.4. The van der Waals surface area contributed by atoms with Gasteiger partial charge in [0.2, 0.25) is 11.8 Å². The lowest BCUT2D eigenvalue weighted by atomic mass is 10.1. The van der Waals surface area contributed by atoms with Gasteiger partial charge in [0.05, 0.1) is 25.8 Å². The maximum absolute atomic E-state index is 14.0. The van der Waals surface area contributed by atoms with Gasteiger partial charge in [0.15, 0.2) is 11.5 Å². The highest BCUT2D eigenvalue weighted by Gasteiger charge is 2.36. The molecule has 1 heterocycles. The largest absolute Gasteiger partial charge is 0.493 e. The zero-order valence-electron chi connectivity index (χ0n) is 15.4. The number of rotatable bonds is 5. The third-order valence-corrected chi connectivity index (χ3v) is 4.63. The van der Waals surface area contributed by atoms with Crippen LogP contribution in [0.4, 0.5) is 15.8 Å². The lowest BCUT2D eigenvalue weighted by Gasteiger charge is -2.18. The van der Waals surface area contributed by atoms with Crippen LogP contribution < -0.4 is 19.7 Å². The molecule has 0 bridgehead atoms. The molecule has 1 aliphatic heterocycles. The summed E-state index contributed by atoms with van der Waals surface area (Å²) in [7, 11) is 3.05. The van der Waals surface area contributed by atoms with E-state index in [1.54, 1.807) is 24.3 Å². The predicted molar refractivity (Wildman–Crippen MR) is 99.8 cm³/mol. The van der Waals surface area contributed by atoms with Crippen LogP contribution >= 0.6 is 0 Å². The summed E-state index contributed by atoms with van der Waals surface area (Å²) < 4.78 is 24.5. The number of amides is 2. The first kappa shape index (κ1) is 18.7. The molecule has 0 aliphatic carbocycles. The summed E-state index contributed by atoms with van der Waals surface area (Å²) in [5.74, 6) is -0.558. The number of para-hydroxylation sites is 1. The van der Waals surface area contributed by atoms with E-state index in [-0.39, 0.29) is 30.5 Å². The van der Waals surface area contributed by atoms with Gasteiger partial charge in [-0.2, -0.15) is 0 Å². The van der Waals surface area contributed by atoms with Crippen LogP contribution in [0, 0.1) is 18.7 Å². The molecule has 27 heavy (non-hydrogen) atoms. The Bertz CT molecular complexity index is 884. The minimum absolute atomic E-state index is 0.0342. The molecule has 1 aliphatic rings. The summed E-state index contributed by atoms with van der Waals surface area (Å²) in [6.45, 7) is 1.97. The van der Waals surface area contributed by atoms with Gasteiger partial charge in [0, 0.05) is 24.7 Å². The number of aryl methyl sites for hydroxylation is 1. The number of nitrogens with zero attached hydrogens (tertiary/aromatic N) is 1. The fourth-order valence-corrected chi connectivity index (χ4v) is 3.14. The van der Waals surface area contributed by atoms with Gasteiger partial charge >= 0.3 is 0 Å². The number of halogens is 1. The van der Waals surface area contributed by atoms with Gasteiger partial charge in [-0.25, -0.2) is 4.39 Å². The molecule has 0 radical (unpaired) electrons. The van der Waals surface area contributed by atoms with E-state index in [2.05, 4.69) is 5.32 Å². The number of hydrogen-bond acceptors (Lipinski definition) is 4. The lowest BCUT2D eigenvalue weighted by Crippen LogP contribution is -2.28. The van der Waals surface area contributed by atoms with E-state index in [1.807, 2.05) is 6.92 Å². The van der Waals surface area contributed by atoms with Crippen LogP contribution in [0.2, 0.25) is 0 Å². The summed E-state index contributed by atoms with van der Waals surface area (Å²) in [4.78, 5) is 26.3. The monoisotopic (exact) mass is 372 g/mol. The second-order valence-corrected chi connectivity index (χ2v) is 6.37. The minimum Gasteiger partial charge on any atom is -0.493 e. The lowest BCUT2D eigenvalue weighted by molar-refractivity contribution is -0.122. The molecular weight excluding hydrogens is 351 g/mol. The molecule has 2 aromatic carbocycles. The van der Waals surface area contributed by atoms with E-state index in [9.17, 15) is 14.0 Å². The Morgan fingerprint density at radius 3 is 2.52 bits per heavy atom. The van der Waals surface area contributed by atoms with Crippen LogP contribution in [-0.4, -0.2) is 32.6 Å². The fourth-order valence-electron chi connectivity index (χ4n) is 3.14. The molecule has 3 rings (SSSR count). The maximum Gasteiger partial charge on any atom is 0.229 e. The first-order valence-corrected chi connectivity index (χ1v) is 8.53. The van der Waals surface area contributed by atoms with Crippen LogP contribution in [0.25, 0.3) is 0 Å². The van der Waals surface area contributed by atoms with Gasteiger partial charge in [-0.3, -0.25) is 9.59 Å². The maximum atomic E-state index is 14.0. The van der Waals surface area contributed by atoms with E-state index >= 15 is 0 Å². The SMILES string of the molecule is COc1cc(C)c(NC(=O)[C@@H]2CC(=O)N(c3ccccc3F)C2)cc1OC. The Morgan fingerprint density at radius 1 is 1.19 bits per heavy atom. The second kappa shape index (κ2) is 7.65. The quantitative estimate of drug-likeness (QED) is 0.876. The fraction of sp³-hybridized carbons (Fsp3) is 0.300. The summed E-state index contributed by atoms with van der Waals surface area (Å²) in [5, 5.41) is 2.84. The summed E-state index contributed by atoms with van der Waals surface area (Å²) in [5.41, 5.74) is 1.57. The number of carbonyl (C=O) groups is 2. The molecule has 1 N–H and O–H groups in total. The topological polar surface area (TPSA) is 67.9 Å². The predicted octanol–water partition coefficient (Wildman–Crippen LogP) is 3.14. The Balaban J connectivity index is 1.76. The molecule has 2 aromatic rings. The van der Waals surface area contributed by atoms with E-state index < -0.39 is 11.7 Å². The standard InChI is InChI=1S/C20H21FN2O4/c1-12-8-17(26-2)18(27-3)10-15(12)22-20(25)13-9-19(24)23(11-13)16-7-5-4-6-14(16)21/h4-8,10,13H,9,11H2,1-3H3,(H,22,25)/t13-/m1/s1. The molecule has 0 aromatic heterocycles. The van der Waals surface area contributed by atoms with Crippen molar-refractivity contribution in [3.63, 3.8) is 0 Å². The third kappa shape index (κ3) is 3.72. The van der Waals surface area contributed by atoms with Crippen molar-refractivity contribution >= 4 is 23.2 Å². The number of ether oxygens (including phenoxy) is 2. The smallest absolute Gasteiger partial charge is 0.229 e. The van der Waals surface area contributed by atoms with Crippen molar-refractivity contribution in [3.8, 4) is 11.5 Å². The highest BCUT2D eigenvalue weighted by Crippen LogP contribution is 2.34. The minimum atomic E-state index is -0.565. The van der Waals surface area contributed by atoms with E-state index in [0.29, 0.717) is 17.2 Å². The van der Waals surface area contributed by atoms with Crippen LogP contribution in [0.3, 0.4) is 0 Å². The molecule has 142 valence electrons. The Labute approximate surface area is 156 Å². The molecule has 0 spiro atoms. The van der Waals surface area contributed by atoms with Gasteiger partial charge in [-0.15, -0.1) is 0 Å². The van der Waals surface area contributed by atoms with E-state index in [4.69, 9.17) is 9.47 Å². The van der Waals surface area contributed by atoms with Gasteiger partial charge in [-0.05, 0) is 30.7 Å². The highest BCUT2D eigenvalue weighted by molar-refractivity contribution is 6.03. The summed E-state index contributed by atoms with van der Waals surface area (Å²) in [6, 6.07) is 9.49. The molecule has 0 unspecified atom stereocenters. The number of hydrogen-bond donors (Lipinski definition) is 1. The Hall–Kier alpha value is -3.09. The van der Waals surface area contributed by atoms with Crippen LogP contribution in [-0.2, 0) is 9.59 Å². The van der Waals surface area contributed by atoms with Gasteiger partial charge in [0.1, 0.15) is 5.82 Å². The number of benzene rings is 2. The zero-order chi connectivity index (χ0) is 19.6. The molecule has 1 atom stereocenters. The van der Waals surface area contributed by atoms with Crippen molar-refractivity contribution in [1.29, 1.82) is 0 Å². The van der Waals surface area contributed by atoms with Crippen molar-refractivity contribution in [2.24, 2.45) is 5.92 Å². The molecule has 1 fully saturated rings. The van der Waals surface area contributed by atoms with E-state index in [1.165, 1.54) is 31.3 Å². The van der Waals surface area contributed by atoms with Crippen molar-refractivity contribution in [2.45, 2.75) is 13.3 Å². The molecular formula is C20H21FN2O4. The molecule has 2 amide bonds. The number of carbonyl (C=O) groups excluding carboxylic acids is 2. The third-order valence-electron chi connectivity index (χ3n) is 4.63. The first-order chi connectivity index (χ1) is 12.9. The highest BCUT2D eigenvalue weighted by atomic mass is 19.1. The number of anilines is 2. The average molecular weight is 372 g/mol. The summed E-state index contributed by atoms with van der Waals surface area (Å²) in [6.07, 6.45) is 0.0342. The van der Waals surface area contributed by atoms with Crippen molar-refractivity contribution in [3.05, 3.63) is 47.8 Å². The van der Waals surface area contributed by atoms with Crippen LogP contribution in [0.5, 0.6) is 11.5 Å². The molecule has 1 saturated heterocycles. The second-order valence-electron chi connectivity index (χ2n) is 6.37. The van der Waals surface area contributed by atoms with Crippen LogP contribution in [0.1, 0.15) is 12.0 Å². The van der Waals surface area contributed by atoms with Crippen molar-refractivity contribution in [1.82, 2.24) is 0 Å². The average Bonchev–Trinajstić information content (AvgIpc) is 3.05. The molecule has 6 nitrogen and oxygen atoms in total. The number of methoxy groups -OCH3 is 2. The van der Waals surface area contributed by atoms with Crippen molar-refractivity contribution < 1.29 is 23.5 Å². The molecule has 0 saturated carbocycles. The first-order valence-electron chi connectivity index (χ1n) is 8.53. The number of nitrogens with one attached hydrogen (secondary N) is 1. The Kier molecular flexibility index (Phi) is 5.30.